The van der Waals surface area contributed by atoms with E-state index < -0.39 is 11.6 Å². The first-order valence-corrected chi connectivity index (χ1v) is 11.2. The third kappa shape index (κ3) is 4.03. The molecule has 5 rings (SSSR count). The van der Waals surface area contributed by atoms with E-state index in [0.29, 0.717) is 23.7 Å². The van der Waals surface area contributed by atoms with E-state index in [9.17, 15) is 13.6 Å². The van der Waals surface area contributed by atoms with Crippen molar-refractivity contribution in [2.24, 2.45) is 11.7 Å². The maximum absolute atomic E-state index is 14.7. The van der Waals surface area contributed by atoms with Crippen LogP contribution in [0.2, 0.25) is 0 Å². The number of benzene rings is 1. The smallest absolute Gasteiger partial charge is 0.229 e. The highest BCUT2D eigenvalue weighted by atomic mass is 19.1. The second-order valence-electron chi connectivity index (χ2n) is 8.94. The minimum atomic E-state index is -0.950. The number of aldehydes is 1. The van der Waals surface area contributed by atoms with Gasteiger partial charge in [-0.3, -0.25) is 9.78 Å². The molecule has 3 N–H and O–H groups in total. The van der Waals surface area contributed by atoms with E-state index >= 15 is 0 Å². The van der Waals surface area contributed by atoms with Crippen molar-refractivity contribution < 1.29 is 13.6 Å². The van der Waals surface area contributed by atoms with E-state index in [2.05, 4.69) is 27.3 Å². The molecule has 3 atom stereocenters. The molecule has 34 heavy (non-hydrogen) atoms. The van der Waals surface area contributed by atoms with Crippen LogP contribution in [0.25, 0.3) is 16.8 Å². The Labute approximate surface area is 195 Å². The Balaban J connectivity index is 1.54. The largest absolute Gasteiger partial charge is 0.328 e. The molecule has 1 fully saturated rings. The fraction of sp³-hybridized carbons (Fsp3) is 0.280. The minimum absolute atomic E-state index is 0.0470. The van der Waals surface area contributed by atoms with Crippen LogP contribution in [0, 0.1) is 17.6 Å². The topological polar surface area (TPSA) is 98.2 Å². The van der Waals surface area contributed by atoms with Crippen molar-refractivity contribution in [2.75, 3.05) is 5.32 Å². The number of hydrogen-bond donors (Lipinski definition) is 2. The summed E-state index contributed by atoms with van der Waals surface area (Å²) in [6.45, 7) is 2.21. The molecule has 4 aromatic rings. The summed E-state index contributed by atoms with van der Waals surface area (Å²) in [6, 6.07) is 7.46. The Morgan fingerprint density at radius 1 is 1.12 bits per heavy atom. The first-order valence-electron chi connectivity index (χ1n) is 11.2. The second kappa shape index (κ2) is 8.90. The number of carbonyl (C=O) groups is 1. The monoisotopic (exact) mass is 462 g/mol. The maximum atomic E-state index is 14.7. The lowest BCUT2D eigenvalue weighted by Gasteiger charge is -2.32. The number of imidazole rings is 1. The summed E-state index contributed by atoms with van der Waals surface area (Å²) >= 11 is 0. The lowest BCUT2D eigenvalue weighted by molar-refractivity contribution is 0.112. The summed E-state index contributed by atoms with van der Waals surface area (Å²) in [5, 5.41) is 7.72. The van der Waals surface area contributed by atoms with Gasteiger partial charge in [0, 0.05) is 12.2 Å². The lowest BCUT2D eigenvalue weighted by atomic mass is 9.76. The molecule has 3 aromatic heterocycles. The fourth-order valence-electron chi connectivity index (χ4n) is 4.89. The quantitative estimate of drug-likeness (QED) is 0.411. The van der Waals surface area contributed by atoms with E-state index in [1.165, 1.54) is 10.6 Å². The summed E-state index contributed by atoms with van der Waals surface area (Å²) in [5.41, 5.74) is 8.26. The Morgan fingerprint density at radius 3 is 2.76 bits per heavy atom. The molecule has 7 nitrogen and oxygen atoms in total. The molecule has 0 aliphatic heterocycles. The van der Waals surface area contributed by atoms with Crippen LogP contribution in [0.4, 0.5) is 20.4 Å². The minimum Gasteiger partial charge on any atom is -0.328 e. The molecule has 3 heterocycles. The van der Waals surface area contributed by atoms with Crippen LogP contribution in [-0.2, 0) is 0 Å². The van der Waals surface area contributed by atoms with E-state index in [-0.39, 0.29) is 28.8 Å². The van der Waals surface area contributed by atoms with E-state index in [0.717, 1.165) is 42.6 Å². The number of carbonyl (C=O) groups excluding carboxylic acids is 1. The van der Waals surface area contributed by atoms with Gasteiger partial charge in [-0.05, 0) is 67.0 Å². The number of nitrogens with zero attached hydrogens (tertiary/aromatic N) is 4. The molecule has 0 radical (unpaired) electrons. The van der Waals surface area contributed by atoms with Gasteiger partial charge in [0.25, 0.3) is 0 Å². The summed E-state index contributed by atoms with van der Waals surface area (Å²) in [4.78, 5) is 19.8. The molecule has 9 heteroatoms. The number of rotatable bonds is 5. The Bertz CT molecular complexity index is 1360. The van der Waals surface area contributed by atoms with Crippen molar-refractivity contribution >= 4 is 23.4 Å². The predicted molar refractivity (Wildman–Crippen MR) is 125 cm³/mol. The van der Waals surface area contributed by atoms with Gasteiger partial charge < -0.3 is 11.1 Å². The highest BCUT2D eigenvalue weighted by Crippen LogP contribution is 2.39. The molecule has 0 saturated heterocycles. The molecular weight excluding hydrogens is 438 g/mol. The van der Waals surface area contributed by atoms with Gasteiger partial charge in [0.15, 0.2) is 6.29 Å². The summed E-state index contributed by atoms with van der Waals surface area (Å²) in [5.74, 6) is -0.561. The standard InChI is InChI=1S/C25H24F2N6O/c1-14-8-16(10-17(28)9-14)19-6-7-29-12-22(19)31-25-30-11-18-3-5-21(32-33(18)25)23-20(26)4-2-15(13-34)24(23)27/h2-7,11-14,16-17H,8-10,28H2,1H3,(H,30,31). The number of fused-ring (bicyclic) bond motifs is 1. The zero-order chi connectivity index (χ0) is 23.8. The zero-order valence-electron chi connectivity index (χ0n) is 18.6. The Hall–Kier alpha value is -3.72. The van der Waals surface area contributed by atoms with Crippen molar-refractivity contribution in [3.8, 4) is 11.3 Å². The van der Waals surface area contributed by atoms with E-state index in [4.69, 9.17) is 5.73 Å². The highest BCUT2D eigenvalue weighted by Gasteiger charge is 2.27. The normalized spacial score (nSPS) is 20.4. The average molecular weight is 463 g/mol. The highest BCUT2D eigenvalue weighted by molar-refractivity contribution is 5.79. The molecule has 1 aliphatic carbocycles. The Morgan fingerprint density at radius 2 is 1.97 bits per heavy atom. The number of aromatic nitrogens is 4. The van der Waals surface area contributed by atoms with Gasteiger partial charge in [0.1, 0.15) is 11.6 Å². The molecule has 3 unspecified atom stereocenters. The van der Waals surface area contributed by atoms with Gasteiger partial charge in [-0.1, -0.05) is 6.92 Å². The molecule has 1 aliphatic rings. The number of hydrogen-bond acceptors (Lipinski definition) is 6. The van der Waals surface area contributed by atoms with Gasteiger partial charge in [0.2, 0.25) is 5.95 Å². The van der Waals surface area contributed by atoms with Gasteiger partial charge in [0.05, 0.1) is 40.4 Å². The van der Waals surface area contributed by atoms with Crippen molar-refractivity contribution in [3.63, 3.8) is 0 Å². The average Bonchev–Trinajstić information content (AvgIpc) is 3.21. The molecule has 1 saturated carbocycles. The first kappa shape index (κ1) is 22.1. The van der Waals surface area contributed by atoms with Gasteiger partial charge >= 0.3 is 0 Å². The maximum Gasteiger partial charge on any atom is 0.229 e. The third-order valence-corrected chi connectivity index (χ3v) is 6.41. The van der Waals surface area contributed by atoms with Gasteiger partial charge in [-0.15, -0.1) is 0 Å². The Kier molecular flexibility index (Phi) is 5.79. The molecule has 174 valence electrons. The number of anilines is 2. The SMILES string of the molecule is CC1CC(N)CC(c2ccncc2Nc2ncc3ccc(-c4c(F)ccc(C=O)c4F)nn23)C1. The molecule has 0 spiro atoms. The first-order chi connectivity index (χ1) is 16.4. The van der Waals surface area contributed by atoms with Crippen LogP contribution in [0.5, 0.6) is 0 Å². The molecule has 1 aromatic carbocycles. The lowest BCUT2D eigenvalue weighted by Crippen LogP contribution is -2.31. The van der Waals surface area contributed by atoms with Crippen LogP contribution < -0.4 is 11.1 Å². The van der Waals surface area contributed by atoms with E-state index in [1.807, 2.05) is 6.07 Å². The molecule has 0 amide bonds. The van der Waals surface area contributed by atoms with Crippen LogP contribution in [-0.4, -0.2) is 31.9 Å². The number of pyridine rings is 1. The number of nitrogens with two attached hydrogens (primary N) is 1. The van der Waals surface area contributed by atoms with Gasteiger partial charge in [-0.2, -0.15) is 9.61 Å². The van der Waals surface area contributed by atoms with Gasteiger partial charge in [-0.25, -0.2) is 13.8 Å². The van der Waals surface area contributed by atoms with Crippen molar-refractivity contribution in [1.29, 1.82) is 0 Å². The van der Waals surface area contributed by atoms with Crippen molar-refractivity contribution in [3.05, 3.63) is 71.7 Å². The predicted octanol–water partition coefficient (Wildman–Crippen LogP) is 4.86. The van der Waals surface area contributed by atoms with Crippen LogP contribution in [0.1, 0.15) is 48.0 Å². The number of halogens is 2. The fourth-order valence-corrected chi connectivity index (χ4v) is 4.89. The third-order valence-electron chi connectivity index (χ3n) is 6.41. The number of nitrogens with one attached hydrogen (secondary N) is 1. The van der Waals surface area contributed by atoms with Crippen molar-refractivity contribution in [2.45, 2.75) is 38.1 Å². The molecular formula is C25H24F2N6O. The molecule has 0 bridgehead atoms. The van der Waals surface area contributed by atoms with Crippen LogP contribution in [0.3, 0.4) is 0 Å². The second-order valence-corrected chi connectivity index (χ2v) is 8.94. The van der Waals surface area contributed by atoms with Crippen molar-refractivity contribution in [1.82, 2.24) is 19.6 Å². The summed E-state index contributed by atoms with van der Waals surface area (Å²) in [7, 11) is 0. The summed E-state index contributed by atoms with van der Waals surface area (Å²) < 4.78 is 30.7. The summed E-state index contributed by atoms with van der Waals surface area (Å²) in [6.07, 6.45) is 8.39. The van der Waals surface area contributed by atoms with Crippen LogP contribution in [0.15, 0.2) is 48.9 Å². The zero-order valence-corrected chi connectivity index (χ0v) is 18.6. The van der Waals surface area contributed by atoms with Crippen LogP contribution >= 0.6 is 0 Å². The van der Waals surface area contributed by atoms with E-state index in [1.54, 1.807) is 24.7 Å².